The maximum absolute atomic E-state index is 14.0. The number of phenols is 1. The fourth-order valence-corrected chi connectivity index (χ4v) is 4.59. The highest BCUT2D eigenvalue weighted by Gasteiger charge is 2.18. The minimum Gasteiger partial charge on any atom is -0.505 e. The summed E-state index contributed by atoms with van der Waals surface area (Å²) < 4.78 is 14.0. The first-order valence-corrected chi connectivity index (χ1v) is 11.5. The number of fused-ring (bicyclic) bond motifs is 1. The summed E-state index contributed by atoms with van der Waals surface area (Å²) in [5.74, 6) is -0.200. The van der Waals surface area contributed by atoms with Crippen LogP contribution in [0.5, 0.6) is 5.75 Å². The van der Waals surface area contributed by atoms with Crippen LogP contribution < -0.4 is 0 Å². The van der Waals surface area contributed by atoms with Crippen molar-refractivity contribution in [3.8, 4) is 28.4 Å². The maximum Gasteiger partial charge on any atom is 0.165 e. The summed E-state index contributed by atoms with van der Waals surface area (Å²) in [6, 6.07) is 8.81. The molecule has 0 atom stereocenters. The average Bonchev–Trinajstić information content (AvgIpc) is 3.47. The summed E-state index contributed by atoms with van der Waals surface area (Å²) in [4.78, 5) is 13.0. The Balaban J connectivity index is 1.39. The highest BCUT2D eigenvalue weighted by Crippen LogP contribution is 2.33. The number of H-pyrrole nitrogens is 2. The van der Waals surface area contributed by atoms with Gasteiger partial charge in [0.1, 0.15) is 5.69 Å². The van der Waals surface area contributed by atoms with E-state index in [9.17, 15) is 9.50 Å². The van der Waals surface area contributed by atoms with E-state index < -0.39 is 5.82 Å². The van der Waals surface area contributed by atoms with Crippen molar-refractivity contribution in [1.82, 2.24) is 30.0 Å². The van der Waals surface area contributed by atoms with Crippen LogP contribution in [0.2, 0.25) is 0 Å². The Hall–Kier alpha value is -3.23. The predicted molar refractivity (Wildman–Crippen MR) is 128 cm³/mol. The van der Waals surface area contributed by atoms with E-state index in [0.29, 0.717) is 6.42 Å². The lowest BCUT2D eigenvalue weighted by Crippen LogP contribution is -2.45. The van der Waals surface area contributed by atoms with E-state index in [0.717, 1.165) is 84.1 Å². The molecule has 0 unspecified atom stereocenters. The van der Waals surface area contributed by atoms with Crippen LogP contribution in [-0.2, 0) is 13.0 Å². The molecule has 4 aromatic rings. The molecular formula is C25H29FN6O. The molecule has 33 heavy (non-hydrogen) atoms. The molecule has 7 nitrogen and oxygen atoms in total. The van der Waals surface area contributed by atoms with Crippen molar-refractivity contribution in [3.63, 3.8) is 0 Å². The molecule has 0 spiro atoms. The molecule has 1 aliphatic rings. The Bertz CT molecular complexity index is 1270. The van der Waals surface area contributed by atoms with E-state index in [4.69, 9.17) is 4.98 Å². The number of hydrogen-bond acceptors (Lipinski definition) is 5. The van der Waals surface area contributed by atoms with E-state index in [1.807, 2.05) is 31.3 Å². The molecular weight excluding hydrogens is 419 g/mol. The first kappa shape index (κ1) is 21.6. The zero-order valence-electron chi connectivity index (χ0n) is 19.0. The molecule has 0 amide bonds. The van der Waals surface area contributed by atoms with Crippen molar-refractivity contribution in [3.05, 3.63) is 53.6 Å². The average molecular weight is 449 g/mol. The van der Waals surface area contributed by atoms with Crippen molar-refractivity contribution in [2.75, 3.05) is 32.7 Å². The molecule has 3 N–H and O–H groups in total. The van der Waals surface area contributed by atoms with Gasteiger partial charge >= 0.3 is 0 Å². The van der Waals surface area contributed by atoms with Crippen molar-refractivity contribution in [1.29, 1.82) is 0 Å². The third-order valence-electron chi connectivity index (χ3n) is 6.58. The molecule has 1 fully saturated rings. The summed E-state index contributed by atoms with van der Waals surface area (Å²) in [5.41, 5.74) is 5.17. The summed E-state index contributed by atoms with van der Waals surface area (Å²) in [6.07, 6.45) is 2.65. The smallest absolute Gasteiger partial charge is 0.165 e. The molecule has 5 rings (SSSR count). The highest BCUT2D eigenvalue weighted by atomic mass is 19.1. The number of phenolic OH excluding ortho intramolecular Hbond substituents is 1. The summed E-state index contributed by atoms with van der Waals surface area (Å²) in [6.45, 7) is 10.4. The predicted octanol–water partition coefficient (Wildman–Crippen LogP) is 4.16. The number of aromatic hydroxyl groups is 1. The summed E-state index contributed by atoms with van der Waals surface area (Å²) in [5, 5.41) is 18.3. The number of rotatable bonds is 6. The van der Waals surface area contributed by atoms with E-state index >= 15 is 0 Å². The lowest BCUT2D eigenvalue weighted by molar-refractivity contribution is 0.131. The number of aromatic amines is 2. The number of piperazine rings is 1. The van der Waals surface area contributed by atoms with E-state index in [-0.39, 0.29) is 5.75 Å². The van der Waals surface area contributed by atoms with Crippen LogP contribution in [0, 0.1) is 5.82 Å². The second kappa shape index (κ2) is 8.96. The molecule has 8 heteroatoms. The normalized spacial score (nSPS) is 15.5. The van der Waals surface area contributed by atoms with Crippen LogP contribution in [-0.4, -0.2) is 67.8 Å². The van der Waals surface area contributed by atoms with Gasteiger partial charge in [0.2, 0.25) is 0 Å². The number of benzene rings is 2. The fraction of sp³-hybridized carbons (Fsp3) is 0.360. The first-order chi connectivity index (χ1) is 16.1. The molecule has 2 aromatic carbocycles. The van der Waals surface area contributed by atoms with Crippen molar-refractivity contribution in [2.45, 2.75) is 26.8 Å². The SMILES string of the molecule is CCc1cc(O)c(F)cc1-c1ccc2c(-c3nc(CN4CCN(CC)CC4)c[nH]3)n[nH]c2c1. The van der Waals surface area contributed by atoms with E-state index in [1.165, 1.54) is 12.1 Å². The van der Waals surface area contributed by atoms with E-state index in [2.05, 4.69) is 31.9 Å². The van der Waals surface area contributed by atoms with Crippen LogP contribution in [0.4, 0.5) is 4.39 Å². The van der Waals surface area contributed by atoms with Gasteiger partial charge in [0.15, 0.2) is 17.4 Å². The minimum absolute atomic E-state index is 0.318. The summed E-state index contributed by atoms with van der Waals surface area (Å²) in [7, 11) is 0. The Labute approximate surface area is 192 Å². The highest BCUT2D eigenvalue weighted by molar-refractivity contribution is 5.94. The van der Waals surface area contributed by atoms with Gasteiger partial charge in [-0.3, -0.25) is 10.00 Å². The van der Waals surface area contributed by atoms with Crippen LogP contribution >= 0.6 is 0 Å². The molecule has 172 valence electrons. The van der Waals surface area contributed by atoms with Gasteiger partial charge in [0, 0.05) is 44.3 Å². The summed E-state index contributed by atoms with van der Waals surface area (Å²) >= 11 is 0. The topological polar surface area (TPSA) is 84.1 Å². The second-order valence-electron chi connectivity index (χ2n) is 8.60. The number of hydrogen-bond donors (Lipinski definition) is 3. The monoisotopic (exact) mass is 448 g/mol. The first-order valence-electron chi connectivity index (χ1n) is 11.5. The molecule has 0 saturated carbocycles. The molecule has 1 saturated heterocycles. The van der Waals surface area contributed by atoms with Gasteiger partial charge in [-0.15, -0.1) is 0 Å². The van der Waals surface area contributed by atoms with Crippen molar-refractivity contribution < 1.29 is 9.50 Å². The molecule has 0 bridgehead atoms. The molecule has 0 radical (unpaired) electrons. The molecule has 0 aliphatic carbocycles. The number of imidazole rings is 1. The quantitative estimate of drug-likeness (QED) is 0.412. The number of likely N-dealkylation sites (N-methyl/N-ethyl adjacent to an activating group) is 1. The minimum atomic E-state index is -0.619. The number of aromatic nitrogens is 4. The van der Waals surface area contributed by atoms with Crippen LogP contribution in [0.15, 0.2) is 36.5 Å². The van der Waals surface area contributed by atoms with Gasteiger partial charge in [0.05, 0.1) is 11.2 Å². The molecule has 2 aromatic heterocycles. The van der Waals surface area contributed by atoms with Crippen LogP contribution in [0.1, 0.15) is 25.1 Å². The Morgan fingerprint density at radius 3 is 2.61 bits per heavy atom. The zero-order valence-corrected chi connectivity index (χ0v) is 19.0. The van der Waals surface area contributed by atoms with Gasteiger partial charge in [0.25, 0.3) is 0 Å². The van der Waals surface area contributed by atoms with Crippen molar-refractivity contribution >= 4 is 10.9 Å². The van der Waals surface area contributed by atoms with Crippen LogP contribution in [0.25, 0.3) is 33.5 Å². The molecule has 1 aliphatic heterocycles. The van der Waals surface area contributed by atoms with E-state index in [1.54, 1.807) is 0 Å². The van der Waals surface area contributed by atoms with Gasteiger partial charge in [-0.1, -0.05) is 19.9 Å². The Kier molecular flexibility index (Phi) is 5.86. The van der Waals surface area contributed by atoms with Crippen molar-refractivity contribution in [2.24, 2.45) is 0 Å². The van der Waals surface area contributed by atoms with Gasteiger partial charge < -0.3 is 15.0 Å². The number of nitrogens with one attached hydrogen (secondary N) is 2. The number of nitrogens with zero attached hydrogens (tertiary/aromatic N) is 4. The fourth-order valence-electron chi connectivity index (χ4n) is 4.59. The van der Waals surface area contributed by atoms with Gasteiger partial charge in [-0.05, 0) is 53.9 Å². The largest absolute Gasteiger partial charge is 0.505 e. The Morgan fingerprint density at radius 1 is 1.06 bits per heavy atom. The standard InChI is InChI=1S/C25H29FN6O/c1-3-16-12-23(33)21(26)13-20(16)17-5-6-19-22(11-17)29-30-24(19)25-27-14-18(28-25)15-32-9-7-31(4-2)8-10-32/h5-6,11-14,33H,3-4,7-10,15H2,1-2H3,(H,27,28)(H,29,30). The number of halogens is 1. The zero-order chi connectivity index (χ0) is 22.9. The third kappa shape index (κ3) is 4.24. The van der Waals surface area contributed by atoms with Crippen LogP contribution in [0.3, 0.4) is 0 Å². The lowest BCUT2D eigenvalue weighted by atomic mass is 9.96. The molecule has 3 heterocycles. The second-order valence-corrected chi connectivity index (χ2v) is 8.60. The maximum atomic E-state index is 14.0. The Morgan fingerprint density at radius 2 is 1.85 bits per heavy atom. The third-order valence-corrected chi connectivity index (χ3v) is 6.58. The van der Waals surface area contributed by atoms with Gasteiger partial charge in [-0.25, -0.2) is 9.37 Å². The van der Waals surface area contributed by atoms with Gasteiger partial charge in [-0.2, -0.15) is 5.10 Å². The lowest BCUT2D eigenvalue weighted by Gasteiger charge is -2.33. The number of aryl methyl sites for hydroxylation is 1.